The molecule has 0 fully saturated rings. The molecule has 2 amide bonds. The average Bonchev–Trinajstić information content (AvgIpc) is 2.79. The van der Waals surface area contributed by atoms with Crippen LogP contribution in [0, 0.1) is 0 Å². The van der Waals surface area contributed by atoms with Crippen LogP contribution in [-0.4, -0.2) is 31.1 Å². The first kappa shape index (κ1) is 23.8. The van der Waals surface area contributed by atoms with Crippen LogP contribution in [0.5, 0.6) is 11.5 Å². The van der Waals surface area contributed by atoms with Crippen molar-refractivity contribution in [2.45, 2.75) is 0 Å². The maximum atomic E-state index is 12.2. The Kier molecular flexibility index (Phi) is 8.01. The monoisotopic (exact) mass is 485 g/mol. The molecule has 0 heterocycles. The van der Waals surface area contributed by atoms with E-state index in [4.69, 9.17) is 32.7 Å². The van der Waals surface area contributed by atoms with E-state index in [1.165, 1.54) is 37.6 Å². The predicted octanol–water partition coefficient (Wildman–Crippen LogP) is 4.31. The second-order valence-corrected chi connectivity index (χ2v) is 7.35. The molecule has 0 spiro atoms. The van der Waals surface area contributed by atoms with E-state index in [0.717, 1.165) is 0 Å². The lowest BCUT2D eigenvalue weighted by atomic mass is 10.2. The van der Waals surface area contributed by atoms with Crippen molar-refractivity contribution in [3.63, 3.8) is 0 Å². The minimum absolute atomic E-state index is 0.215. The first-order chi connectivity index (χ1) is 15.9. The van der Waals surface area contributed by atoms with Crippen LogP contribution in [0.4, 0.5) is 5.69 Å². The van der Waals surface area contributed by atoms with Gasteiger partial charge in [-0.3, -0.25) is 9.59 Å². The van der Waals surface area contributed by atoms with Gasteiger partial charge in [-0.25, -0.2) is 10.2 Å². The van der Waals surface area contributed by atoms with Crippen molar-refractivity contribution in [2.24, 2.45) is 5.10 Å². The van der Waals surface area contributed by atoms with Gasteiger partial charge in [0.1, 0.15) is 0 Å². The van der Waals surface area contributed by atoms with E-state index in [1.54, 1.807) is 42.5 Å². The van der Waals surface area contributed by atoms with Gasteiger partial charge in [0.15, 0.2) is 11.5 Å². The first-order valence-corrected chi connectivity index (χ1v) is 10.2. The van der Waals surface area contributed by atoms with Crippen LogP contribution in [0.1, 0.15) is 15.9 Å². The van der Waals surface area contributed by atoms with Gasteiger partial charge in [-0.15, -0.1) is 0 Å². The number of carbonyl (C=O) groups is 3. The molecule has 8 nitrogen and oxygen atoms in total. The van der Waals surface area contributed by atoms with Gasteiger partial charge >= 0.3 is 17.8 Å². The highest BCUT2D eigenvalue weighted by Crippen LogP contribution is 2.28. The quantitative estimate of drug-likeness (QED) is 0.178. The summed E-state index contributed by atoms with van der Waals surface area (Å²) in [6, 6.07) is 17.6. The molecule has 0 aliphatic carbocycles. The number of anilines is 1. The number of halogens is 2. The number of nitrogens with zero attached hydrogens (tertiary/aromatic N) is 1. The Bertz CT molecular complexity index is 1200. The number of hydrazone groups is 1. The van der Waals surface area contributed by atoms with E-state index < -0.39 is 17.8 Å². The lowest BCUT2D eigenvalue weighted by Gasteiger charge is -2.10. The summed E-state index contributed by atoms with van der Waals surface area (Å²) in [4.78, 5) is 36.2. The number of nitrogens with one attached hydrogen (secondary N) is 2. The number of hydrogen-bond acceptors (Lipinski definition) is 6. The Labute approximate surface area is 199 Å². The summed E-state index contributed by atoms with van der Waals surface area (Å²) >= 11 is 11.7. The third-order valence-electron chi connectivity index (χ3n) is 4.11. The number of esters is 1. The maximum Gasteiger partial charge on any atom is 0.343 e. The van der Waals surface area contributed by atoms with Crippen LogP contribution in [-0.2, 0) is 9.59 Å². The molecule has 33 heavy (non-hydrogen) atoms. The number of rotatable bonds is 6. The molecule has 10 heteroatoms. The van der Waals surface area contributed by atoms with Crippen molar-refractivity contribution in [3.8, 4) is 11.5 Å². The summed E-state index contributed by atoms with van der Waals surface area (Å²) in [7, 11) is 1.42. The zero-order valence-electron chi connectivity index (χ0n) is 17.2. The van der Waals surface area contributed by atoms with E-state index in [2.05, 4.69) is 15.8 Å². The summed E-state index contributed by atoms with van der Waals surface area (Å²) < 4.78 is 10.6. The molecule has 0 aliphatic heterocycles. The highest BCUT2D eigenvalue weighted by Gasteiger charge is 2.14. The Hall–Kier alpha value is -3.88. The van der Waals surface area contributed by atoms with Gasteiger partial charge in [0.2, 0.25) is 0 Å². The second-order valence-electron chi connectivity index (χ2n) is 6.48. The third-order valence-corrected chi connectivity index (χ3v) is 4.54. The molecule has 3 aromatic rings. The molecule has 0 aliphatic rings. The molecule has 0 saturated carbocycles. The van der Waals surface area contributed by atoms with E-state index in [-0.39, 0.29) is 17.2 Å². The molecule has 0 unspecified atom stereocenters. The summed E-state index contributed by atoms with van der Waals surface area (Å²) in [6.45, 7) is 0. The minimum atomic E-state index is -0.997. The molecular formula is C23H17Cl2N3O5. The van der Waals surface area contributed by atoms with Crippen molar-refractivity contribution < 1.29 is 23.9 Å². The normalized spacial score (nSPS) is 10.5. The van der Waals surface area contributed by atoms with Crippen molar-refractivity contribution in [1.29, 1.82) is 0 Å². The first-order valence-electron chi connectivity index (χ1n) is 9.41. The zero-order chi connectivity index (χ0) is 23.8. The fraction of sp³-hybridized carbons (Fsp3) is 0.0435. The van der Waals surface area contributed by atoms with Gasteiger partial charge in [0, 0.05) is 15.7 Å². The maximum absolute atomic E-state index is 12.2. The third kappa shape index (κ3) is 6.80. The van der Waals surface area contributed by atoms with Crippen LogP contribution in [0.15, 0.2) is 71.8 Å². The second kappa shape index (κ2) is 11.1. The molecule has 2 N–H and O–H groups in total. The summed E-state index contributed by atoms with van der Waals surface area (Å²) in [5.41, 5.74) is 3.29. The fourth-order valence-corrected chi connectivity index (χ4v) is 3.14. The molecule has 0 saturated heterocycles. The number of methoxy groups -OCH3 is 1. The standard InChI is InChI=1S/C23H17Cl2N3O5/c1-32-20-9-14(7-8-19(20)33-23(31)15-5-3-2-4-6-15)13-26-28-22(30)21(29)27-18-11-16(24)10-17(25)12-18/h2-13H,1H3,(H,27,29)(H,28,30)/b26-13+. The highest BCUT2D eigenvalue weighted by atomic mass is 35.5. The molecule has 0 bridgehead atoms. The van der Waals surface area contributed by atoms with Gasteiger partial charge in [0.05, 0.1) is 18.9 Å². The summed E-state index contributed by atoms with van der Waals surface area (Å²) in [5.74, 6) is -1.99. The van der Waals surface area contributed by atoms with Crippen molar-refractivity contribution in [2.75, 3.05) is 12.4 Å². The van der Waals surface area contributed by atoms with E-state index in [0.29, 0.717) is 21.2 Å². The largest absolute Gasteiger partial charge is 0.493 e. The molecule has 0 radical (unpaired) electrons. The van der Waals surface area contributed by atoms with Crippen LogP contribution < -0.4 is 20.2 Å². The fourth-order valence-electron chi connectivity index (χ4n) is 2.61. The lowest BCUT2D eigenvalue weighted by Crippen LogP contribution is -2.32. The van der Waals surface area contributed by atoms with Crippen LogP contribution >= 0.6 is 23.2 Å². The number of ether oxygens (including phenoxy) is 2. The van der Waals surface area contributed by atoms with E-state index in [9.17, 15) is 14.4 Å². The zero-order valence-corrected chi connectivity index (χ0v) is 18.7. The van der Waals surface area contributed by atoms with Crippen molar-refractivity contribution in [1.82, 2.24) is 5.43 Å². The molecule has 3 rings (SSSR count). The van der Waals surface area contributed by atoms with Crippen molar-refractivity contribution >= 4 is 52.9 Å². The highest BCUT2D eigenvalue weighted by molar-refractivity contribution is 6.40. The van der Waals surface area contributed by atoms with Gasteiger partial charge in [0.25, 0.3) is 0 Å². The predicted molar refractivity (Wildman–Crippen MR) is 125 cm³/mol. The number of hydrogen-bond donors (Lipinski definition) is 2. The van der Waals surface area contributed by atoms with Crippen LogP contribution in [0.3, 0.4) is 0 Å². The Morgan fingerprint density at radius 2 is 1.58 bits per heavy atom. The average molecular weight is 486 g/mol. The van der Waals surface area contributed by atoms with Gasteiger partial charge in [-0.2, -0.15) is 5.10 Å². The van der Waals surface area contributed by atoms with Crippen molar-refractivity contribution in [3.05, 3.63) is 87.9 Å². The minimum Gasteiger partial charge on any atom is -0.493 e. The van der Waals surface area contributed by atoms with Crippen LogP contribution in [0.2, 0.25) is 10.0 Å². The Morgan fingerprint density at radius 3 is 2.24 bits per heavy atom. The van der Waals surface area contributed by atoms with E-state index in [1.807, 2.05) is 0 Å². The topological polar surface area (TPSA) is 106 Å². The smallest absolute Gasteiger partial charge is 0.343 e. The summed E-state index contributed by atoms with van der Waals surface area (Å²) in [5, 5.41) is 6.74. The summed E-state index contributed by atoms with van der Waals surface area (Å²) in [6.07, 6.45) is 1.30. The Balaban J connectivity index is 1.60. The van der Waals surface area contributed by atoms with Gasteiger partial charge in [-0.1, -0.05) is 41.4 Å². The van der Waals surface area contributed by atoms with Gasteiger partial charge < -0.3 is 14.8 Å². The molecule has 3 aromatic carbocycles. The molecular weight excluding hydrogens is 469 g/mol. The molecule has 0 atom stereocenters. The number of benzene rings is 3. The molecule has 0 aromatic heterocycles. The van der Waals surface area contributed by atoms with E-state index >= 15 is 0 Å². The Morgan fingerprint density at radius 1 is 0.879 bits per heavy atom. The SMILES string of the molecule is COc1cc(/C=N/NC(=O)C(=O)Nc2cc(Cl)cc(Cl)c2)ccc1OC(=O)c1ccccc1. The number of carbonyl (C=O) groups excluding carboxylic acids is 3. The molecule has 168 valence electrons. The number of amides is 2. The van der Waals surface area contributed by atoms with Gasteiger partial charge in [-0.05, 0) is 54.1 Å². The lowest BCUT2D eigenvalue weighted by molar-refractivity contribution is -0.136. The van der Waals surface area contributed by atoms with Crippen LogP contribution in [0.25, 0.3) is 0 Å².